The zero-order valence-corrected chi connectivity index (χ0v) is 17.6. The Morgan fingerprint density at radius 3 is 1.96 bits per heavy atom. The summed E-state index contributed by atoms with van der Waals surface area (Å²) in [4.78, 5) is 26.5. The van der Waals surface area contributed by atoms with E-state index in [0.717, 1.165) is 0 Å². The summed E-state index contributed by atoms with van der Waals surface area (Å²) in [6, 6.07) is 6.63. The SMILES string of the molecule is CC(C)C(NS(=O)(=O)c1ccccc1)C(=O)OCC(=O)N(C(C)C)C(C)C. The van der Waals surface area contributed by atoms with Crippen molar-refractivity contribution in [1.29, 1.82) is 0 Å². The smallest absolute Gasteiger partial charge is 0.324 e. The van der Waals surface area contributed by atoms with Crippen LogP contribution in [-0.2, 0) is 24.3 Å². The van der Waals surface area contributed by atoms with Crippen molar-refractivity contribution in [2.45, 2.75) is 64.6 Å². The molecule has 152 valence electrons. The number of hydrogen-bond donors (Lipinski definition) is 1. The Balaban J connectivity index is 2.84. The zero-order chi connectivity index (χ0) is 20.8. The van der Waals surface area contributed by atoms with Crippen LogP contribution in [0.25, 0.3) is 0 Å². The maximum Gasteiger partial charge on any atom is 0.324 e. The van der Waals surface area contributed by atoms with Gasteiger partial charge in [0.25, 0.3) is 5.91 Å². The molecule has 0 spiro atoms. The van der Waals surface area contributed by atoms with Crippen LogP contribution in [0.4, 0.5) is 0 Å². The molecule has 0 bridgehead atoms. The second kappa shape index (κ2) is 9.85. The summed E-state index contributed by atoms with van der Waals surface area (Å²) in [6.45, 7) is 10.5. The highest BCUT2D eigenvalue weighted by Gasteiger charge is 2.31. The zero-order valence-electron chi connectivity index (χ0n) is 16.8. The van der Waals surface area contributed by atoms with Crippen molar-refractivity contribution in [2.24, 2.45) is 5.92 Å². The van der Waals surface area contributed by atoms with Crippen molar-refractivity contribution < 1.29 is 22.7 Å². The van der Waals surface area contributed by atoms with Gasteiger partial charge in [0.2, 0.25) is 10.0 Å². The average Bonchev–Trinajstić information content (AvgIpc) is 2.57. The Kier molecular flexibility index (Phi) is 8.43. The van der Waals surface area contributed by atoms with Crippen LogP contribution >= 0.6 is 0 Å². The van der Waals surface area contributed by atoms with E-state index < -0.39 is 28.6 Å². The average molecular weight is 399 g/mol. The predicted octanol–water partition coefficient (Wildman–Crippen LogP) is 2.18. The number of nitrogens with one attached hydrogen (secondary N) is 1. The molecule has 0 aromatic heterocycles. The van der Waals surface area contributed by atoms with Gasteiger partial charge in [0.05, 0.1) is 4.90 Å². The van der Waals surface area contributed by atoms with E-state index in [4.69, 9.17) is 4.74 Å². The fraction of sp³-hybridized carbons (Fsp3) is 0.579. The van der Waals surface area contributed by atoms with Crippen LogP contribution in [0.3, 0.4) is 0 Å². The molecule has 0 aliphatic heterocycles. The van der Waals surface area contributed by atoms with Crippen molar-refractivity contribution in [3.63, 3.8) is 0 Å². The highest BCUT2D eigenvalue weighted by Crippen LogP contribution is 2.13. The summed E-state index contributed by atoms with van der Waals surface area (Å²) < 4.78 is 32.5. The van der Waals surface area contributed by atoms with Crippen LogP contribution in [0.1, 0.15) is 41.5 Å². The van der Waals surface area contributed by atoms with Crippen LogP contribution in [0.2, 0.25) is 0 Å². The lowest BCUT2D eigenvalue weighted by Gasteiger charge is -2.30. The number of rotatable bonds is 9. The second-order valence-electron chi connectivity index (χ2n) is 7.25. The Morgan fingerprint density at radius 1 is 1.00 bits per heavy atom. The third kappa shape index (κ3) is 6.62. The summed E-state index contributed by atoms with van der Waals surface area (Å²) in [5.41, 5.74) is 0. The van der Waals surface area contributed by atoms with Gasteiger partial charge in [-0.3, -0.25) is 9.59 Å². The van der Waals surface area contributed by atoms with Crippen molar-refractivity contribution in [1.82, 2.24) is 9.62 Å². The van der Waals surface area contributed by atoms with E-state index in [9.17, 15) is 18.0 Å². The van der Waals surface area contributed by atoms with Crippen molar-refractivity contribution >= 4 is 21.9 Å². The molecule has 1 amide bonds. The molecule has 1 aromatic carbocycles. The molecular formula is C19H30N2O5S. The molecule has 0 saturated heterocycles. The number of nitrogens with zero attached hydrogens (tertiary/aromatic N) is 1. The van der Waals surface area contributed by atoms with Crippen LogP contribution in [0.15, 0.2) is 35.2 Å². The van der Waals surface area contributed by atoms with Crippen LogP contribution < -0.4 is 4.72 Å². The first kappa shape index (κ1) is 23.1. The van der Waals surface area contributed by atoms with Crippen LogP contribution in [-0.4, -0.2) is 49.9 Å². The molecular weight excluding hydrogens is 368 g/mol. The molecule has 1 rings (SSSR count). The van der Waals surface area contributed by atoms with Gasteiger partial charge in [0.1, 0.15) is 6.04 Å². The number of ether oxygens (including phenoxy) is 1. The third-order valence-electron chi connectivity index (χ3n) is 3.99. The van der Waals surface area contributed by atoms with Crippen molar-refractivity contribution in [3.8, 4) is 0 Å². The quantitative estimate of drug-likeness (QED) is 0.644. The van der Waals surface area contributed by atoms with Crippen molar-refractivity contribution in [3.05, 3.63) is 30.3 Å². The van der Waals surface area contributed by atoms with Gasteiger partial charge < -0.3 is 9.64 Å². The molecule has 27 heavy (non-hydrogen) atoms. The number of carbonyl (C=O) groups is 2. The van der Waals surface area contributed by atoms with E-state index in [-0.39, 0.29) is 28.8 Å². The summed E-state index contributed by atoms with van der Waals surface area (Å²) >= 11 is 0. The second-order valence-corrected chi connectivity index (χ2v) is 8.97. The first-order chi connectivity index (χ1) is 12.5. The minimum Gasteiger partial charge on any atom is -0.454 e. The number of esters is 1. The minimum atomic E-state index is -3.88. The van der Waals surface area contributed by atoms with Crippen molar-refractivity contribution in [2.75, 3.05) is 6.61 Å². The molecule has 0 fully saturated rings. The topological polar surface area (TPSA) is 92.8 Å². The van der Waals surface area contributed by atoms with Gasteiger partial charge in [-0.1, -0.05) is 32.0 Å². The number of carbonyl (C=O) groups excluding carboxylic acids is 2. The number of sulfonamides is 1. The molecule has 1 atom stereocenters. The molecule has 7 nitrogen and oxygen atoms in total. The Hall–Kier alpha value is -1.93. The summed E-state index contributed by atoms with van der Waals surface area (Å²) in [6.07, 6.45) is 0. The molecule has 1 unspecified atom stereocenters. The van der Waals surface area contributed by atoms with Gasteiger partial charge in [0, 0.05) is 12.1 Å². The maximum absolute atomic E-state index is 12.5. The third-order valence-corrected chi connectivity index (χ3v) is 5.45. The molecule has 0 aliphatic rings. The monoisotopic (exact) mass is 398 g/mol. The first-order valence-electron chi connectivity index (χ1n) is 9.02. The van der Waals surface area contributed by atoms with E-state index in [0.29, 0.717) is 0 Å². The summed E-state index contributed by atoms with van der Waals surface area (Å²) in [5.74, 6) is -1.44. The molecule has 0 radical (unpaired) electrons. The summed E-state index contributed by atoms with van der Waals surface area (Å²) in [5, 5.41) is 0. The Bertz CT molecular complexity index is 722. The maximum atomic E-state index is 12.5. The highest BCUT2D eigenvalue weighted by atomic mass is 32.2. The van der Waals surface area contributed by atoms with Gasteiger partial charge in [-0.05, 0) is 45.7 Å². The fourth-order valence-corrected chi connectivity index (χ4v) is 4.11. The van der Waals surface area contributed by atoms with Gasteiger partial charge in [-0.25, -0.2) is 8.42 Å². The van der Waals surface area contributed by atoms with Crippen LogP contribution in [0.5, 0.6) is 0 Å². The van der Waals surface area contributed by atoms with Gasteiger partial charge in [-0.2, -0.15) is 4.72 Å². The Morgan fingerprint density at radius 2 is 1.52 bits per heavy atom. The molecule has 1 aromatic rings. The van der Waals surface area contributed by atoms with E-state index in [2.05, 4.69) is 4.72 Å². The lowest BCUT2D eigenvalue weighted by Crippen LogP contribution is -2.47. The normalized spacial score (nSPS) is 13.1. The van der Waals surface area contributed by atoms with E-state index in [1.54, 1.807) is 36.9 Å². The molecule has 0 aliphatic carbocycles. The number of hydrogen-bond acceptors (Lipinski definition) is 5. The lowest BCUT2D eigenvalue weighted by atomic mass is 10.1. The van der Waals surface area contributed by atoms with Crippen LogP contribution in [0, 0.1) is 5.92 Å². The molecule has 1 N–H and O–H groups in total. The van der Waals surface area contributed by atoms with E-state index in [1.807, 2.05) is 27.7 Å². The lowest BCUT2D eigenvalue weighted by molar-refractivity contribution is -0.155. The molecule has 0 heterocycles. The summed E-state index contributed by atoms with van der Waals surface area (Å²) in [7, 11) is -3.88. The fourth-order valence-electron chi connectivity index (χ4n) is 2.76. The molecule has 8 heteroatoms. The van der Waals surface area contributed by atoms with Gasteiger partial charge >= 0.3 is 5.97 Å². The first-order valence-corrected chi connectivity index (χ1v) is 10.5. The molecule has 0 saturated carbocycles. The van der Waals surface area contributed by atoms with E-state index >= 15 is 0 Å². The number of benzene rings is 1. The Labute approximate surface area is 162 Å². The van der Waals surface area contributed by atoms with Gasteiger partial charge in [-0.15, -0.1) is 0 Å². The minimum absolute atomic E-state index is 0.0336. The standard InChI is InChI=1S/C19H30N2O5S/c1-13(2)18(20-27(24,25)16-10-8-7-9-11-16)19(23)26-12-17(22)21(14(3)4)15(5)6/h7-11,13-15,18,20H,12H2,1-6H3. The van der Waals surface area contributed by atoms with Gasteiger partial charge in [0.15, 0.2) is 6.61 Å². The predicted molar refractivity (Wildman–Crippen MR) is 103 cm³/mol. The largest absolute Gasteiger partial charge is 0.454 e. The highest BCUT2D eigenvalue weighted by molar-refractivity contribution is 7.89. The van der Waals surface area contributed by atoms with E-state index in [1.165, 1.54) is 12.1 Å². The number of amides is 1.